The fourth-order valence-corrected chi connectivity index (χ4v) is 4.51. The van der Waals surface area contributed by atoms with Crippen molar-refractivity contribution in [2.45, 2.75) is 0 Å². The number of hydrogen-bond donors (Lipinski definition) is 2. The van der Waals surface area contributed by atoms with Crippen molar-refractivity contribution in [2.75, 3.05) is 50.5 Å². The second-order valence-electron chi connectivity index (χ2n) is 8.06. The molecule has 1 amide bonds. The van der Waals surface area contributed by atoms with E-state index in [1.165, 1.54) is 6.20 Å². The van der Waals surface area contributed by atoms with Crippen molar-refractivity contribution in [2.24, 2.45) is 0 Å². The summed E-state index contributed by atoms with van der Waals surface area (Å²) in [5.41, 5.74) is 2.08. The summed E-state index contributed by atoms with van der Waals surface area (Å²) in [6.45, 7) is 2.92. The van der Waals surface area contributed by atoms with E-state index in [1.54, 1.807) is 28.4 Å². The molecule has 0 radical (unpaired) electrons. The Labute approximate surface area is 199 Å². The number of amides is 1. The van der Waals surface area contributed by atoms with Crippen molar-refractivity contribution >= 4 is 44.4 Å². The van der Waals surface area contributed by atoms with Gasteiger partial charge >= 0.3 is 0 Å². The van der Waals surface area contributed by atoms with Gasteiger partial charge in [0.25, 0.3) is 5.91 Å². The number of pyridine rings is 1. The van der Waals surface area contributed by atoms with E-state index in [2.05, 4.69) is 30.6 Å². The van der Waals surface area contributed by atoms with Crippen LogP contribution in [0.25, 0.3) is 21.5 Å². The zero-order valence-corrected chi connectivity index (χ0v) is 19.6. The molecule has 0 saturated carbocycles. The van der Waals surface area contributed by atoms with Crippen LogP contribution in [0.4, 0.5) is 21.3 Å². The van der Waals surface area contributed by atoms with Crippen LogP contribution in [-0.4, -0.2) is 71.0 Å². The van der Waals surface area contributed by atoms with Crippen molar-refractivity contribution < 1.29 is 9.18 Å². The van der Waals surface area contributed by atoms with Crippen LogP contribution >= 0.6 is 11.3 Å². The monoisotopic (exact) mass is 478 g/mol. The number of hydrogen-bond acceptors (Lipinski definition) is 9. The number of rotatable bonds is 5. The lowest BCUT2D eigenvalue weighted by Crippen LogP contribution is -2.46. The van der Waals surface area contributed by atoms with Gasteiger partial charge in [-0.15, -0.1) is 0 Å². The first-order valence-electron chi connectivity index (χ1n) is 10.8. The molecule has 0 atom stereocenters. The predicted molar refractivity (Wildman–Crippen MR) is 131 cm³/mol. The third-order valence-corrected chi connectivity index (χ3v) is 6.64. The van der Waals surface area contributed by atoms with Gasteiger partial charge in [0.1, 0.15) is 11.5 Å². The number of aromatic nitrogens is 4. The van der Waals surface area contributed by atoms with E-state index >= 15 is 0 Å². The smallest absolute Gasteiger partial charge is 0.255 e. The highest BCUT2D eigenvalue weighted by atomic mass is 32.1. The zero-order chi connectivity index (χ0) is 23.7. The lowest BCUT2D eigenvalue weighted by atomic mass is 10.1. The van der Waals surface area contributed by atoms with Gasteiger partial charge in [-0.2, -0.15) is 0 Å². The molecule has 1 aliphatic rings. The molecule has 2 N–H and O–H groups in total. The molecule has 4 heterocycles. The van der Waals surface area contributed by atoms with Crippen LogP contribution in [0, 0.1) is 5.82 Å². The van der Waals surface area contributed by atoms with Gasteiger partial charge in [0.15, 0.2) is 10.9 Å². The van der Waals surface area contributed by atoms with Gasteiger partial charge in [0, 0.05) is 52.0 Å². The molecular weight excluding hydrogens is 455 g/mol. The number of carbonyl (C=O) groups is 1. The van der Waals surface area contributed by atoms with Crippen molar-refractivity contribution in [3.63, 3.8) is 0 Å². The Bertz CT molecular complexity index is 1330. The maximum absolute atomic E-state index is 14.6. The lowest BCUT2D eigenvalue weighted by molar-refractivity contribution is 0.0735. The molecule has 1 fully saturated rings. The van der Waals surface area contributed by atoms with Gasteiger partial charge in [-0.05, 0) is 24.3 Å². The second kappa shape index (κ2) is 9.27. The summed E-state index contributed by atoms with van der Waals surface area (Å²) in [4.78, 5) is 33.7. The van der Waals surface area contributed by atoms with E-state index in [1.807, 2.05) is 37.2 Å². The number of anilines is 3. The van der Waals surface area contributed by atoms with E-state index in [0.717, 1.165) is 34.6 Å². The molecule has 0 unspecified atom stereocenters. The average Bonchev–Trinajstić information content (AvgIpc) is 3.30. The number of fused-ring (bicyclic) bond motifs is 1. The minimum absolute atomic E-state index is 0.0456. The Morgan fingerprint density at radius 1 is 1.12 bits per heavy atom. The van der Waals surface area contributed by atoms with Crippen molar-refractivity contribution in [3.05, 3.63) is 54.1 Å². The molecule has 4 aromatic rings. The molecule has 9 nitrogen and oxygen atoms in total. The summed E-state index contributed by atoms with van der Waals surface area (Å²) in [5, 5.41) is 7.09. The molecule has 1 aromatic carbocycles. The summed E-state index contributed by atoms with van der Waals surface area (Å²) in [6, 6.07) is 8.96. The number of carbonyl (C=O) groups excluding carboxylic acids is 1. The summed E-state index contributed by atoms with van der Waals surface area (Å²) in [7, 11) is 3.87. The number of benzene rings is 1. The average molecular weight is 479 g/mol. The van der Waals surface area contributed by atoms with Crippen molar-refractivity contribution in [3.8, 4) is 11.3 Å². The highest BCUT2D eigenvalue weighted by Crippen LogP contribution is 2.31. The topological polar surface area (TPSA) is 99.2 Å². The quantitative estimate of drug-likeness (QED) is 0.451. The summed E-state index contributed by atoms with van der Waals surface area (Å²) in [5.74, 6) is 0.0889. The fourth-order valence-electron chi connectivity index (χ4n) is 3.64. The van der Waals surface area contributed by atoms with E-state index < -0.39 is 5.82 Å². The molecule has 174 valence electrons. The SMILES string of the molecule is CN(C)c1nc2cc(-c3nc(Nc4ccc(C(=O)N5CCNCC5)cn4)ncc3F)ccc2s1. The third kappa shape index (κ3) is 4.52. The molecule has 5 rings (SSSR count). The first-order valence-corrected chi connectivity index (χ1v) is 11.6. The molecule has 0 spiro atoms. The van der Waals surface area contributed by atoms with Crippen LogP contribution in [0.3, 0.4) is 0 Å². The maximum Gasteiger partial charge on any atom is 0.255 e. The van der Waals surface area contributed by atoms with Gasteiger partial charge < -0.3 is 20.4 Å². The van der Waals surface area contributed by atoms with Gasteiger partial charge in [0.2, 0.25) is 5.95 Å². The lowest BCUT2D eigenvalue weighted by Gasteiger charge is -2.27. The summed E-state index contributed by atoms with van der Waals surface area (Å²) >= 11 is 1.57. The van der Waals surface area contributed by atoms with Crippen molar-refractivity contribution in [1.29, 1.82) is 0 Å². The Balaban J connectivity index is 1.35. The number of halogens is 1. The predicted octanol–water partition coefficient (Wildman–Crippen LogP) is 3.14. The second-order valence-corrected chi connectivity index (χ2v) is 9.07. The van der Waals surface area contributed by atoms with Gasteiger partial charge in [-0.1, -0.05) is 17.4 Å². The maximum atomic E-state index is 14.6. The molecule has 0 bridgehead atoms. The highest BCUT2D eigenvalue weighted by molar-refractivity contribution is 7.22. The number of nitrogens with one attached hydrogen (secondary N) is 2. The Morgan fingerprint density at radius 2 is 1.94 bits per heavy atom. The summed E-state index contributed by atoms with van der Waals surface area (Å²) < 4.78 is 15.6. The molecule has 1 saturated heterocycles. The van der Waals surface area contributed by atoms with Crippen LogP contribution in [0.15, 0.2) is 42.7 Å². The first-order chi connectivity index (χ1) is 16.5. The molecule has 34 heavy (non-hydrogen) atoms. The Morgan fingerprint density at radius 3 is 2.68 bits per heavy atom. The first kappa shape index (κ1) is 22.1. The van der Waals surface area contributed by atoms with E-state index in [0.29, 0.717) is 30.0 Å². The normalized spacial score (nSPS) is 13.8. The van der Waals surface area contributed by atoms with Crippen LogP contribution in [0.5, 0.6) is 0 Å². The minimum Gasteiger partial charge on any atom is -0.354 e. The molecule has 1 aliphatic heterocycles. The van der Waals surface area contributed by atoms with Crippen LogP contribution in [0.2, 0.25) is 0 Å². The number of nitrogens with zero attached hydrogens (tertiary/aromatic N) is 6. The molecular formula is C23H23FN8OS. The van der Waals surface area contributed by atoms with Gasteiger partial charge in [0.05, 0.1) is 22.0 Å². The number of thiazole rings is 1. The van der Waals surface area contributed by atoms with Gasteiger partial charge in [-0.3, -0.25) is 4.79 Å². The Kier molecular flexibility index (Phi) is 6.03. The van der Waals surface area contributed by atoms with Crippen LogP contribution in [0.1, 0.15) is 10.4 Å². The minimum atomic E-state index is -0.530. The molecule has 3 aromatic heterocycles. The molecule has 11 heteroatoms. The largest absolute Gasteiger partial charge is 0.354 e. The van der Waals surface area contributed by atoms with Gasteiger partial charge in [-0.25, -0.2) is 24.3 Å². The standard InChI is InChI=1S/C23H23FN8OS/c1-31(2)23-28-17-11-14(3-5-18(17)34-23)20-16(24)13-27-22(30-20)29-19-6-4-15(12-26-19)21(33)32-9-7-25-8-10-32/h3-6,11-13,25H,7-10H2,1-2H3,(H,26,27,29,30). The Hall–Kier alpha value is -3.70. The van der Waals surface area contributed by atoms with E-state index in [4.69, 9.17) is 0 Å². The fraction of sp³-hybridized carbons (Fsp3) is 0.261. The zero-order valence-electron chi connectivity index (χ0n) is 18.7. The van der Waals surface area contributed by atoms with E-state index in [-0.39, 0.29) is 17.5 Å². The van der Waals surface area contributed by atoms with Crippen LogP contribution in [-0.2, 0) is 0 Å². The van der Waals surface area contributed by atoms with Crippen LogP contribution < -0.4 is 15.5 Å². The van der Waals surface area contributed by atoms with Crippen molar-refractivity contribution in [1.82, 2.24) is 30.2 Å². The van der Waals surface area contributed by atoms with E-state index in [9.17, 15) is 9.18 Å². The summed E-state index contributed by atoms with van der Waals surface area (Å²) in [6.07, 6.45) is 2.65. The number of piperazine rings is 1. The molecule has 0 aliphatic carbocycles. The highest BCUT2D eigenvalue weighted by Gasteiger charge is 2.18. The third-order valence-electron chi connectivity index (χ3n) is 5.43.